The molecule has 0 saturated carbocycles. The lowest BCUT2D eigenvalue weighted by atomic mass is 10.1. The summed E-state index contributed by atoms with van der Waals surface area (Å²) in [5.41, 5.74) is 0.209. The number of carbonyl (C=O) groups is 1. The largest absolute Gasteiger partial charge is 0.298 e. The van der Waals surface area contributed by atoms with E-state index in [1.54, 1.807) is 6.07 Å². The fourth-order valence-electron chi connectivity index (χ4n) is 0.980. The molecule has 5 nitrogen and oxygen atoms in total. The standard InChI is InChI=1S/C10H4N2O3/c11-3-1-2-8-4-9(7-13)6-10(5-8)12(14)15/h4-7H. The molecule has 0 aliphatic carbocycles. The number of non-ortho nitro benzene ring substituents is 1. The van der Waals surface area contributed by atoms with Crippen molar-refractivity contribution in [3.63, 3.8) is 0 Å². The zero-order valence-electron chi connectivity index (χ0n) is 7.43. The Morgan fingerprint density at radius 2 is 2.13 bits per heavy atom. The van der Waals surface area contributed by atoms with E-state index in [2.05, 4.69) is 11.8 Å². The number of nitriles is 1. The molecule has 0 aromatic heterocycles. The van der Waals surface area contributed by atoms with Crippen LogP contribution in [0.3, 0.4) is 0 Å². The second-order valence-corrected chi connectivity index (χ2v) is 2.55. The molecule has 15 heavy (non-hydrogen) atoms. The lowest BCUT2D eigenvalue weighted by molar-refractivity contribution is -0.384. The topological polar surface area (TPSA) is 84.0 Å². The molecular formula is C10H4N2O3. The van der Waals surface area contributed by atoms with Gasteiger partial charge in [0.15, 0.2) is 6.07 Å². The SMILES string of the molecule is N#CC#Cc1cc(C=O)cc([N+](=O)[O-])c1. The number of benzene rings is 1. The zero-order valence-corrected chi connectivity index (χ0v) is 7.43. The molecule has 0 atom stereocenters. The molecule has 0 bridgehead atoms. The Morgan fingerprint density at radius 3 is 2.67 bits per heavy atom. The van der Waals surface area contributed by atoms with E-state index >= 15 is 0 Å². The molecule has 0 saturated heterocycles. The lowest BCUT2D eigenvalue weighted by Crippen LogP contribution is -1.91. The summed E-state index contributed by atoms with van der Waals surface area (Å²) in [4.78, 5) is 20.3. The lowest BCUT2D eigenvalue weighted by Gasteiger charge is -1.94. The van der Waals surface area contributed by atoms with Crippen molar-refractivity contribution >= 4 is 12.0 Å². The van der Waals surface area contributed by atoms with Gasteiger partial charge in [0, 0.05) is 29.2 Å². The molecule has 0 aliphatic rings. The molecule has 1 aromatic carbocycles. The number of rotatable bonds is 2. The Labute approximate surface area is 85.1 Å². The predicted octanol–water partition coefficient (Wildman–Crippen LogP) is 1.28. The van der Waals surface area contributed by atoms with Crippen LogP contribution in [-0.2, 0) is 0 Å². The van der Waals surface area contributed by atoms with E-state index in [4.69, 9.17) is 5.26 Å². The summed E-state index contributed by atoms with van der Waals surface area (Å²) >= 11 is 0. The maximum Gasteiger partial charge on any atom is 0.271 e. The molecule has 1 rings (SSSR count). The molecule has 0 aliphatic heterocycles. The molecule has 0 heterocycles. The highest BCUT2D eigenvalue weighted by atomic mass is 16.6. The Bertz CT molecular complexity index is 518. The molecule has 5 heteroatoms. The van der Waals surface area contributed by atoms with Crippen LogP contribution in [0, 0.1) is 33.3 Å². The van der Waals surface area contributed by atoms with Crippen LogP contribution >= 0.6 is 0 Å². The van der Waals surface area contributed by atoms with E-state index in [-0.39, 0.29) is 16.8 Å². The fraction of sp³-hybridized carbons (Fsp3) is 0. The highest BCUT2D eigenvalue weighted by Crippen LogP contribution is 2.15. The van der Waals surface area contributed by atoms with Gasteiger partial charge in [-0.1, -0.05) is 5.92 Å². The van der Waals surface area contributed by atoms with Gasteiger partial charge < -0.3 is 0 Å². The number of nitro groups is 1. The van der Waals surface area contributed by atoms with Gasteiger partial charge in [0.2, 0.25) is 0 Å². The molecule has 72 valence electrons. The first-order chi connectivity index (χ1) is 7.17. The molecule has 0 spiro atoms. The van der Waals surface area contributed by atoms with Crippen molar-refractivity contribution in [2.45, 2.75) is 0 Å². The van der Waals surface area contributed by atoms with Gasteiger partial charge in [0.1, 0.15) is 6.29 Å². The van der Waals surface area contributed by atoms with E-state index in [9.17, 15) is 14.9 Å². The molecule has 0 amide bonds. The first kappa shape index (κ1) is 10.4. The van der Waals surface area contributed by atoms with Gasteiger partial charge in [-0.25, -0.2) is 0 Å². The van der Waals surface area contributed by atoms with Crippen LogP contribution in [0.15, 0.2) is 18.2 Å². The van der Waals surface area contributed by atoms with Crippen LogP contribution in [0.2, 0.25) is 0 Å². The minimum absolute atomic E-state index is 0.159. The van der Waals surface area contributed by atoms with E-state index in [0.29, 0.717) is 6.29 Å². The quantitative estimate of drug-likeness (QED) is 0.311. The van der Waals surface area contributed by atoms with E-state index < -0.39 is 4.92 Å². The van der Waals surface area contributed by atoms with Crippen molar-refractivity contribution in [2.24, 2.45) is 0 Å². The van der Waals surface area contributed by atoms with Crippen molar-refractivity contribution in [1.82, 2.24) is 0 Å². The van der Waals surface area contributed by atoms with Crippen molar-refractivity contribution in [2.75, 3.05) is 0 Å². The molecule has 0 fully saturated rings. The average Bonchev–Trinajstić information content (AvgIpc) is 2.25. The first-order valence-electron chi connectivity index (χ1n) is 3.82. The fourth-order valence-corrected chi connectivity index (χ4v) is 0.980. The predicted molar refractivity (Wildman–Crippen MR) is 51.0 cm³/mol. The Balaban J connectivity index is 3.30. The second-order valence-electron chi connectivity index (χ2n) is 2.55. The van der Waals surface area contributed by atoms with E-state index in [1.165, 1.54) is 12.1 Å². The Kier molecular flexibility index (Phi) is 3.15. The number of nitro benzene ring substituents is 1. The van der Waals surface area contributed by atoms with Crippen LogP contribution in [0.25, 0.3) is 0 Å². The number of aldehydes is 1. The normalized spacial score (nSPS) is 8.20. The van der Waals surface area contributed by atoms with Gasteiger partial charge in [-0.3, -0.25) is 14.9 Å². The van der Waals surface area contributed by atoms with Gasteiger partial charge in [-0.2, -0.15) is 5.26 Å². The third-order valence-corrected chi connectivity index (χ3v) is 1.55. The van der Waals surface area contributed by atoms with Gasteiger partial charge in [-0.15, -0.1) is 0 Å². The van der Waals surface area contributed by atoms with E-state index in [1.807, 2.05) is 0 Å². The molecule has 0 unspecified atom stereocenters. The van der Waals surface area contributed by atoms with Gasteiger partial charge in [0.05, 0.1) is 4.92 Å². The summed E-state index contributed by atoms with van der Waals surface area (Å²) in [7, 11) is 0. The summed E-state index contributed by atoms with van der Waals surface area (Å²) < 4.78 is 0. The minimum Gasteiger partial charge on any atom is -0.298 e. The third kappa shape index (κ3) is 2.64. The van der Waals surface area contributed by atoms with Crippen molar-refractivity contribution in [3.8, 4) is 17.9 Å². The van der Waals surface area contributed by atoms with E-state index in [0.717, 1.165) is 6.07 Å². The minimum atomic E-state index is -0.620. The van der Waals surface area contributed by atoms with Crippen molar-refractivity contribution in [1.29, 1.82) is 5.26 Å². The van der Waals surface area contributed by atoms with Gasteiger partial charge in [0.25, 0.3) is 5.69 Å². The molecular weight excluding hydrogens is 196 g/mol. The molecule has 0 N–H and O–H groups in total. The summed E-state index contributed by atoms with van der Waals surface area (Å²) in [6.45, 7) is 0. The zero-order chi connectivity index (χ0) is 11.3. The summed E-state index contributed by atoms with van der Waals surface area (Å²) in [6.07, 6.45) is 0.491. The average molecular weight is 200 g/mol. The Hall–Kier alpha value is -2.66. The first-order valence-corrected chi connectivity index (χ1v) is 3.82. The molecule has 1 aromatic rings. The van der Waals surface area contributed by atoms with Gasteiger partial charge >= 0.3 is 0 Å². The van der Waals surface area contributed by atoms with Crippen LogP contribution < -0.4 is 0 Å². The summed E-state index contributed by atoms with van der Waals surface area (Å²) in [5, 5.41) is 18.7. The van der Waals surface area contributed by atoms with Gasteiger partial charge in [-0.05, 0) is 6.07 Å². The van der Waals surface area contributed by atoms with Crippen molar-refractivity contribution < 1.29 is 9.72 Å². The van der Waals surface area contributed by atoms with Crippen LogP contribution in [0.4, 0.5) is 5.69 Å². The number of hydrogen-bond acceptors (Lipinski definition) is 4. The molecule has 0 radical (unpaired) electrons. The third-order valence-electron chi connectivity index (χ3n) is 1.55. The van der Waals surface area contributed by atoms with Crippen LogP contribution in [0.5, 0.6) is 0 Å². The number of hydrogen-bond donors (Lipinski definition) is 0. The second kappa shape index (κ2) is 4.54. The van der Waals surface area contributed by atoms with Crippen LogP contribution in [0.1, 0.15) is 15.9 Å². The summed E-state index contributed by atoms with van der Waals surface area (Å²) in [6, 6.07) is 5.31. The maximum absolute atomic E-state index is 10.5. The Morgan fingerprint density at radius 1 is 1.40 bits per heavy atom. The highest BCUT2D eigenvalue weighted by molar-refractivity contribution is 5.77. The summed E-state index contributed by atoms with van der Waals surface area (Å²) in [5.74, 6) is 4.49. The van der Waals surface area contributed by atoms with Crippen LogP contribution in [-0.4, -0.2) is 11.2 Å². The highest BCUT2D eigenvalue weighted by Gasteiger charge is 2.08. The number of carbonyl (C=O) groups excluding carboxylic acids is 1. The smallest absolute Gasteiger partial charge is 0.271 e. The number of nitrogens with zero attached hydrogens (tertiary/aromatic N) is 2. The van der Waals surface area contributed by atoms with Crippen molar-refractivity contribution in [3.05, 3.63) is 39.4 Å². The maximum atomic E-state index is 10.5. The monoisotopic (exact) mass is 200 g/mol.